The highest BCUT2D eigenvalue weighted by Gasteiger charge is 2.12. The zero-order valence-corrected chi connectivity index (χ0v) is 15.9. The minimum Gasteiger partial charge on any atom is -0.497 e. The lowest BCUT2D eigenvalue weighted by molar-refractivity contribution is 0.0945. The highest BCUT2D eigenvalue weighted by atomic mass is 32.1. The van der Waals surface area contributed by atoms with Crippen molar-refractivity contribution in [2.75, 3.05) is 12.4 Å². The lowest BCUT2D eigenvalue weighted by atomic mass is 10.2. The van der Waals surface area contributed by atoms with E-state index in [0.29, 0.717) is 23.2 Å². The van der Waals surface area contributed by atoms with Crippen LogP contribution >= 0.6 is 11.3 Å². The molecule has 0 atom stereocenters. The zero-order chi connectivity index (χ0) is 19.3. The van der Waals surface area contributed by atoms with Gasteiger partial charge >= 0.3 is 0 Å². The Kier molecular flexibility index (Phi) is 5.16. The topological polar surface area (TPSA) is 93.4 Å². The highest BCUT2D eigenvalue weighted by molar-refractivity contribution is 7.13. The summed E-state index contributed by atoms with van der Waals surface area (Å²) in [5.41, 5.74) is 2.21. The molecule has 3 heterocycles. The molecule has 4 rings (SSSR count). The Labute approximate surface area is 165 Å². The summed E-state index contributed by atoms with van der Waals surface area (Å²) in [5, 5.41) is 16.6. The first-order valence-corrected chi connectivity index (χ1v) is 9.50. The average molecular weight is 394 g/mol. The molecule has 0 saturated carbocycles. The Morgan fingerprint density at radius 1 is 1.14 bits per heavy atom. The van der Waals surface area contributed by atoms with Gasteiger partial charge in [-0.25, -0.2) is 4.98 Å². The number of nitrogens with zero attached hydrogens (tertiary/aromatic N) is 4. The largest absolute Gasteiger partial charge is 0.497 e. The van der Waals surface area contributed by atoms with Gasteiger partial charge in [0.2, 0.25) is 0 Å². The molecule has 0 radical (unpaired) electrons. The van der Waals surface area contributed by atoms with Gasteiger partial charge in [0, 0.05) is 18.1 Å². The number of amides is 1. The monoisotopic (exact) mass is 394 g/mol. The van der Waals surface area contributed by atoms with Crippen LogP contribution in [0.3, 0.4) is 0 Å². The maximum Gasteiger partial charge on any atom is 0.271 e. The number of thiazole rings is 1. The van der Waals surface area contributed by atoms with Gasteiger partial charge in [0.15, 0.2) is 16.6 Å². The molecule has 1 amide bonds. The van der Waals surface area contributed by atoms with Crippen molar-refractivity contribution < 1.29 is 9.53 Å². The van der Waals surface area contributed by atoms with Crippen molar-refractivity contribution in [1.82, 2.24) is 24.9 Å². The smallest absolute Gasteiger partial charge is 0.271 e. The van der Waals surface area contributed by atoms with Gasteiger partial charge in [0.1, 0.15) is 11.4 Å². The molecule has 0 unspecified atom stereocenters. The molecule has 9 heteroatoms. The normalized spacial score (nSPS) is 10.8. The number of fused-ring (bicyclic) bond motifs is 1. The molecule has 3 aromatic heterocycles. The van der Waals surface area contributed by atoms with Crippen LogP contribution in [0.5, 0.6) is 5.75 Å². The first kappa shape index (κ1) is 17.9. The zero-order valence-electron chi connectivity index (χ0n) is 15.1. The Morgan fingerprint density at radius 2 is 2.00 bits per heavy atom. The number of nitrogens with one attached hydrogen (secondary N) is 2. The number of anilines is 1. The highest BCUT2D eigenvalue weighted by Crippen LogP contribution is 2.18. The van der Waals surface area contributed by atoms with Crippen molar-refractivity contribution in [2.24, 2.45) is 0 Å². The lowest BCUT2D eigenvalue weighted by Crippen LogP contribution is -2.24. The Hall–Kier alpha value is -3.46. The number of hydrogen-bond donors (Lipinski definition) is 2. The van der Waals surface area contributed by atoms with Crippen molar-refractivity contribution in [3.8, 4) is 5.75 Å². The Balaban J connectivity index is 1.33. The fraction of sp³-hybridized carbons (Fsp3) is 0.158. The summed E-state index contributed by atoms with van der Waals surface area (Å²) in [6.45, 7) is 0.889. The molecule has 0 bridgehead atoms. The molecule has 0 aliphatic heterocycles. The van der Waals surface area contributed by atoms with Gasteiger partial charge < -0.3 is 15.4 Å². The average Bonchev–Trinajstić information content (AvgIpc) is 3.38. The number of methoxy groups -OCH3 is 1. The van der Waals surface area contributed by atoms with Gasteiger partial charge in [-0.15, -0.1) is 21.5 Å². The molecule has 142 valence electrons. The molecule has 8 nitrogen and oxygen atoms in total. The molecule has 4 aromatic rings. The minimum atomic E-state index is -0.249. The van der Waals surface area contributed by atoms with Crippen LogP contribution in [-0.4, -0.2) is 32.6 Å². The van der Waals surface area contributed by atoms with Crippen LogP contribution in [0, 0.1) is 0 Å². The summed E-state index contributed by atoms with van der Waals surface area (Å²) >= 11 is 1.39. The van der Waals surface area contributed by atoms with Crippen LogP contribution in [-0.2, 0) is 13.1 Å². The molecule has 28 heavy (non-hydrogen) atoms. The molecule has 0 spiro atoms. The van der Waals surface area contributed by atoms with E-state index < -0.39 is 0 Å². The molecule has 0 fully saturated rings. The first-order chi connectivity index (χ1) is 13.7. The molecule has 2 N–H and O–H groups in total. The molecule has 0 aliphatic rings. The summed E-state index contributed by atoms with van der Waals surface area (Å²) in [6.07, 6.45) is 1.86. The van der Waals surface area contributed by atoms with E-state index in [-0.39, 0.29) is 12.5 Å². The minimum absolute atomic E-state index is 0.249. The summed E-state index contributed by atoms with van der Waals surface area (Å²) in [6, 6.07) is 13.4. The number of hydrogen-bond acceptors (Lipinski definition) is 7. The van der Waals surface area contributed by atoms with Crippen molar-refractivity contribution in [1.29, 1.82) is 0 Å². The predicted molar refractivity (Wildman–Crippen MR) is 107 cm³/mol. The molecular formula is C19H18N6O2S. The second-order valence-corrected chi connectivity index (χ2v) is 6.83. The number of benzene rings is 1. The van der Waals surface area contributed by atoms with E-state index in [1.807, 2.05) is 53.1 Å². The Bertz CT molecular complexity index is 1090. The number of carbonyl (C=O) groups is 1. The van der Waals surface area contributed by atoms with Gasteiger partial charge in [0.25, 0.3) is 5.91 Å². The maximum atomic E-state index is 12.4. The third-order valence-corrected chi connectivity index (χ3v) is 4.93. The van der Waals surface area contributed by atoms with Crippen molar-refractivity contribution >= 4 is 28.0 Å². The molecule has 0 saturated heterocycles. The summed E-state index contributed by atoms with van der Waals surface area (Å²) in [7, 11) is 1.64. The van der Waals surface area contributed by atoms with E-state index in [9.17, 15) is 4.79 Å². The molecular weight excluding hydrogens is 376 g/mol. The number of ether oxygens (including phenoxy) is 1. The maximum absolute atomic E-state index is 12.4. The Morgan fingerprint density at radius 3 is 2.82 bits per heavy atom. The standard InChI is InChI=1S/C19H18N6O2S/c1-27-14-7-5-13(6-8-14)10-21-19-22-15(12-28-19)18(26)20-11-17-24-23-16-4-2-3-9-25(16)17/h2-9,12H,10-11H2,1H3,(H,20,26)(H,21,22). The first-order valence-electron chi connectivity index (χ1n) is 8.62. The van der Waals surface area contributed by atoms with E-state index in [2.05, 4.69) is 25.8 Å². The van der Waals surface area contributed by atoms with Gasteiger partial charge in [-0.3, -0.25) is 9.20 Å². The van der Waals surface area contributed by atoms with E-state index in [1.165, 1.54) is 11.3 Å². The van der Waals surface area contributed by atoms with Crippen LogP contribution in [0.1, 0.15) is 21.9 Å². The van der Waals surface area contributed by atoms with Gasteiger partial charge in [-0.2, -0.15) is 0 Å². The van der Waals surface area contributed by atoms with Crippen LogP contribution in [0.2, 0.25) is 0 Å². The third kappa shape index (κ3) is 3.94. The predicted octanol–water partition coefficient (Wildman–Crippen LogP) is 2.74. The summed E-state index contributed by atoms with van der Waals surface area (Å²) < 4.78 is 6.99. The second-order valence-electron chi connectivity index (χ2n) is 5.97. The third-order valence-electron chi connectivity index (χ3n) is 4.13. The molecule has 0 aliphatic carbocycles. The van der Waals surface area contributed by atoms with Crippen molar-refractivity contribution in [3.63, 3.8) is 0 Å². The van der Waals surface area contributed by atoms with E-state index in [1.54, 1.807) is 12.5 Å². The van der Waals surface area contributed by atoms with E-state index >= 15 is 0 Å². The quantitative estimate of drug-likeness (QED) is 0.501. The lowest BCUT2D eigenvalue weighted by Gasteiger charge is -2.04. The van der Waals surface area contributed by atoms with E-state index in [4.69, 9.17) is 4.74 Å². The fourth-order valence-electron chi connectivity index (χ4n) is 2.64. The fourth-order valence-corrected chi connectivity index (χ4v) is 3.33. The van der Waals surface area contributed by atoms with Gasteiger partial charge in [-0.1, -0.05) is 18.2 Å². The summed E-state index contributed by atoms with van der Waals surface area (Å²) in [5.74, 6) is 1.23. The van der Waals surface area contributed by atoms with Crippen molar-refractivity contribution in [3.05, 3.63) is 71.1 Å². The number of rotatable bonds is 7. The number of aromatic nitrogens is 4. The van der Waals surface area contributed by atoms with Crippen molar-refractivity contribution in [2.45, 2.75) is 13.1 Å². The SMILES string of the molecule is COc1ccc(CNc2nc(C(=O)NCc3nnc4ccccn34)cs2)cc1. The molecule has 1 aromatic carbocycles. The second kappa shape index (κ2) is 8.05. The van der Waals surface area contributed by atoms with Crippen LogP contribution in [0.15, 0.2) is 54.0 Å². The number of pyridine rings is 1. The van der Waals surface area contributed by atoms with Gasteiger partial charge in [-0.05, 0) is 29.8 Å². The van der Waals surface area contributed by atoms with E-state index in [0.717, 1.165) is 17.0 Å². The van der Waals surface area contributed by atoms with Gasteiger partial charge in [0.05, 0.1) is 13.7 Å². The van der Waals surface area contributed by atoms with Crippen LogP contribution < -0.4 is 15.4 Å². The number of carbonyl (C=O) groups excluding carboxylic acids is 1. The van der Waals surface area contributed by atoms with Crippen LogP contribution in [0.4, 0.5) is 5.13 Å². The summed E-state index contributed by atoms with van der Waals surface area (Å²) in [4.78, 5) is 16.7. The van der Waals surface area contributed by atoms with Crippen LogP contribution in [0.25, 0.3) is 5.65 Å².